The van der Waals surface area contributed by atoms with Gasteiger partial charge in [-0.25, -0.2) is 14.7 Å². The minimum atomic E-state index is -1.94. The Hall–Kier alpha value is -3.86. The van der Waals surface area contributed by atoms with Crippen LogP contribution in [0, 0.1) is 17.7 Å². The van der Waals surface area contributed by atoms with Gasteiger partial charge in [0.25, 0.3) is 17.7 Å². The molecule has 2 aromatic rings. The molecule has 42 heavy (non-hydrogen) atoms. The van der Waals surface area contributed by atoms with E-state index in [-0.39, 0.29) is 30.9 Å². The molecule has 3 amide bonds. The molecule has 1 aliphatic heterocycles. The molecular weight excluding hydrogens is 549 g/mol. The first-order valence-electron chi connectivity index (χ1n) is 13.5. The number of halogens is 1. The normalized spacial score (nSPS) is 16.8. The number of hydrogen-bond acceptors (Lipinski definition) is 8. The molecule has 3 unspecified atom stereocenters. The van der Waals surface area contributed by atoms with Gasteiger partial charge < -0.3 is 29.9 Å². The van der Waals surface area contributed by atoms with Crippen molar-refractivity contribution in [1.29, 1.82) is 0 Å². The Morgan fingerprint density at radius 2 is 1.83 bits per heavy atom. The Labute approximate surface area is 243 Å². The van der Waals surface area contributed by atoms with Crippen LogP contribution in [-0.4, -0.2) is 85.2 Å². The summed E-state index contributed by atoms with van der Waals surface area (Å²) < 4.78 is 25.0. The van der Waals surface area contributed by atoms with Crippen molar-refractivity contribution in [2.45, 2.75) is 44.1 Å². The van der Waals surface area contributed by atoms with E-state index in [2.05, 4.69) is 22.6 Å². The van der Waals surface area contributed by atoms with Crippen molar-refractivity contribution in [3.8, 4) is 11.8 Å². The third-order valence-electron chi connectivity index (χ3n) is 6.86. The first kappa shape index (κ1) is 32.7. The van der Waals surface area contributed by atoms with E-state index in [0.29, 0.717) is 24.2 Å². The van der Waals surface area contributed by atoms with Crippen LogP contribution in [0.2, 0.25) is 0 Å². The van der Waals surface area contributed by atoms with Gasteiger partial charge in [0.1, 0.15) is 11.9 Å². The van der Waals surface area contributed by atoms with E-state index in [9.17, 15) is 23.9 Å². The van der Waals surface area contributed by atoms with Crippen molar-refractivity contribution in [3.63, 3.8) is 0 Å². The molecule has 1 fully saturated rings. The predicted molar refractivity (Wildman–Crippen MR) is 149 cm³/mol. The molecule has 4 N–H and O–H groups in total. The van der Waals surface area contributed by atoms with Crippen LogP contribution in [0.1, 0.15) is 59.3 Å². The summed E-state index contributed by atoms with van der Waals surface area (Å²) in [6.45, 7) is 1.50. The molecule has 0 bridgehead atoms. The molecule has 0 saturated carbocycles. The summed E-state index contributed by atoms with van der Waals surface area (Å²) in [4.78, 5) is 45.5. The second kappa shape index (κ2) is 15.4. The smallest absolute Gasteiger partial charge is 0.279 e. The van der Waals surface area contributed by atoms with Gasteiger partial charge in [-0.3, -0.25) is 14.4 Å². The van der Waals surface area contributed by atoms with Crippen LogP contribution in [0.15, 0.2) is 42.5 Å². The number of nitrogens with zero attached hydrogens (tertiary/aromatic N) is 1. The number of hydroxylamine groups is 1. The SMILES string of the molecule is CNC(=O)C(C)(C(=O)NOC1CCCCO1)N(C)C(=O)c1ccc(C#Cc2ccc(C(O)COCCO)c(F)c2)cc1. The second-order valence-corrected chi connectivity index (χ2v) is 9.74. The molecule has 2 aromatic carbocycles. The van der Waals surface area contributed by atoms with Crippen molar-refractivity contribution in [2.75, 3.05) is 40.5 Å². The molecule has 12 heteroatoms. The summed E-state index contributed by atoms with van der Waals surface area (Å²) in [7, 11) is 2.70. The summed E-state index contributed by atoms with van der Waals surface area (Å²) in [5.74, 6) is 2.93. The van der Waals surface area contributed by atoms with Gasteiger partial charge in [0, 0.05) is 49.4 Å². The molecule has 1 aliphatic rings. The minimum absolute atomic E-state index is 0.0385. The number of carbonyl (C=O) groups is 3. The highest BCUT2D eigenvalue weighted by atomic mass is 19.1. The predicted octanol–water partition coefficient (Wildman–Crippen LogP) is 1.42. The molecule has 0 aromatic heterocycles. The Kier molecular flexibility index (Phi) is 12.0. The van der Waals surface area contributed by atoms with Crippen molar-refractivity contribution >= 4 is 17.7 Å². The number of hydrogen-bond donors (Lipinski definition) is 4. The summed E-state index contributed by atoms with van der Waals surface area (Å²) in [6.07, 6.45) is 0.542. The highest BCUT2D eigenvalue weighted by Gasteiger charge is 2.47. The average Bonchev–Trinajstić information content (AvgIpc) is 3.01. The van der Waals surface area contributed by atoms with Crippen molar-refractivity contribution < 1.29 is 43.3 Å². The lowest BCUT2D eigenvalue weighted by Crippen LogP contribution is -2.65. The zero-order valence-corrected chi connectivity index (χ0v) is 23.8. The quantitative estimate of drug-likeness (QED) is 0.134. The molecule has 1 heterocycles. The monoisotopic (exact) mass is 585 g/mol. The number of benzene rings is 2. The fourth-order valence-corrected chi connectivity index (χ4v) is 4.14. The standard InChI is InChI=1S/C30H36FN3O8/c1-30(28(38)32-2,29(39)33-42-26-6-4-5-16-41-26)34(3)27(37)22-12-9-20(10-13-22)7-8-21-11-14-23(24(31)18-21)25(36)19-40-17-15-35/h9-14,18,25-26,35-36H,4-6,15-17,19H2,1-3H3,(H,32,38)(H,33,39). The largest absolute Gasteiger partial charge is 0.394 e. The zero-order valence-electron chi connectivity index (χ0n) is 23.8. The van der Waals surface area contributed by atoms with Gasteiger partial charge in [0.05, 0.1) is 19.8 Å². The van der Waals surface area contributed by atoms with E-state index in [4.69, 9.17) is 19.4 Å². The number of rotatable bonds is 11. The number of nitrogens with one attached hydrogen (secondary N) is 2. The lowest BCUT2D eigenvalue weighted by Gasteiger charge is -2.36. The maximum absolute atomic E-state index is 14.5. The Morgan fingerprint density at radius 1 is 1.14 bits per heavy atom. The third kappa shape index (κ3) is 8.12. The van der Waals surface area contributed by atoms with E-state index >= 15 is 0 Å². The molecule has 0 spiro atoms. The maximum Gasteiger partial charge on any atom is 0.279 e. The number of likely N-dealkylation sites (N-methyl/N-ethyl adjacent to an activating group) is 2. The first-order chi connectivity index (χ1) is 20.1. The van der Waals surface area contributed by atoms with Crippen molar-refractivity contribution in [1.82, 2.24) is 15.7 Å². The molecule has 226 valence electrons. The van der Waals surface area contributed by atoms with Crippen LogP contribution in [0.3, 0.4) is 0 Å². The summed E-state index contributed by atoms with van der Waals surface area (Å²) in [6, 6.07) is 10.3. The number of amides is 3. The van der Waals surface area contributed by atoms with E-state index in [1.807, 2.05) is 0 Å². The molecule has 0 radical (unpaired) electrons. The van der Waals surface area contributed by atoms with Gasteiger partial charge in [0.2, 0.25) is 0 Å². The summed E-state index contributed by atoms with van der Waals surface area (Å²) in [5.41, 5.74) is 1.49. The number of aliphatic hydroxyl groups is 2. The van der Waals surface area contributed by atoms with Gasteiger partial charge in [-0.15, -0.1) is 0 Å². The lowest BCUT2D eigenvalue weighted by molar-refractivity contribution is -0.204. The van der Waals surface area contributed by atoms with Crippen LogP contribution < -0.4 is 10.8 Å². The third-order valence-corrected chi connectivity index (χ3v) is 6.86. The number of aliphatic hydroxyl groups excluding tert-OH is 2. The van der Waals surface area contributed by atoms with E-state index in [1.165, 1.54) is 45.3 Å². The molecule has 0 aliphatic carbocycles. The molecule has 3 atom stereocenters. The van der Waals surface area contributed by atoms with Gasteiger partial charge in [0.15, 0.2) is 11.8 Å². The second-order valence-electron chi connectivity index (χ2n) is 9.74. The highest BCUT2D eigenvalue weighted by Crippen LogP contribution is 2.21. The van der Waals surface area contributed by atoms with Crippen molar-refractivity contribution in [2.24, 2.45) is 0 Å². The molecular formula is C30H36FN3O8. The average molecular weight is 586 g/mol. The van der Waals surface area contributed by atoms with Gasteiger partial charge in [-0.1, -0.05) is 17.9 Å². The maximum atomic E-state index is 14.5. The Balaban J connectivity index is 1.69. The van der Waals surface area contributed by atoms with Gasteiger partial charge in [-0.05, 0) is 56.2 Å². The van der Waals surface area contributed by atoms with Crippen LogP contribution in [0.25, 0.3) is 0 Å². The van der Waals surface area contributed by atoms with Crippen LogP contribution in [0.5, 0.6) is 0 Å². The van der Waals surface area contributed by atoms with E-state index in [0.717, 1.165) is 17.7 Å². The molecule has 11 nitrogen and oxygen atoms in total. The zero-order chi connectivity index (χ0) is 30.7. The van der Waals surface area contributed by atoms with Gasteiger partial charge in [-0.2, -0.15) is 0 Å². The first-order valence-corrected chi connectivity index (χ1v) is 13.5. The minimum Gasteiger partial charge on any atom is -0.394 e. The molecule has 1 saturated heterocycles. The number of ether oxygens (including phenoxy) is 2. The van der Waals surface area contributed by atoms with Crippen LogP contribution >= 0.6 is 0 Å². The van der Waals surface area contributed by atoms with Crippen LogP contribution in [-0.2, 0) is 23.9 Å². The molecule has 3 rings (SSSR count). The fraction of sp³-hybridized carbons (Fsp3) is 0.433. The van der Waals surface area contributed by atoms with Gasteiger partial charge >= 0.3 is 0 Å². The van der Waals surface area contributed by atoms with E-state index in [1.54, 1.807) is 18.2 Å². The summed E-state index contributed by atoms with van der Waals surface area (Å²) >= 11 is 0. The Morgan fingerprint density at radius 3 is 2.45 bits per heavy atom. The lowest BCUT2D eigenvalue weighted by atomic mass is 9.96. The summed E-state index contributed by atoms with van der Waals surface area (Å²) in [5, 5.41) is 21.2. The van der Waals surface area contributed by atoms with E-state index < -0.39 is 41.5 Å². The van der Waals surface area contributed by atoms with Crippen molar-refractivity contribution in [3.05, 3.63) is 70.5 Å². The van der Waals surface area contributed by atoms with Crippen LogP contribution in [0.4, 0.5) is 4.39 Å². The number of carbonyl (C=O) groups excluding carboxylic acids is 3. The Bertz CT molecular complexity index is 1300. The highest BCUT2D eigenvalue weighted by molar-refractivity contribution is 6.12. The fourth-order valence-electron chi connectivity index (χ4n) is 4.14. The topological polar surface area (TPSA) is 147 Å².